The number of nitrogens with two attached hydrogens (primary N) is 1. The van der Waals surface area contributed by atoms with Crippen molar-refractivity contribution in [3.8, 4) is 5.75 Å². The number of aliphatic imine (C=N–C) groups is 1. The van der Waals surface area contributed by atoms with Gasteiger partial charge in [0.25, 0.3) is 0 Å². The van der Waals surface area contributed by atoms with Gasteiger partial charge in [-0.3, -0.25) is 10.4 Å². The zero-order chi connectivity index (χ0) is 34.2. The highest BCUT2D eigenvalue weighted by molar-refractivity contribution is 7.90. The average molecular weight is 679 g/mol. The summed E-state index contributed by atoms with van der Waals surface area (Å²) >= 11 is 0. The number of anilines is 1. The van der Waals surface area contributed by atoms with E-state index in [4.69, 9.17) is 30.0 Å². The molecule has 254 valence electrons. The molecule has 2 aromatic carbocycles. The molecule has 0 spiro atoms. The molecule has 2 aliphatic heterocycles. The van der Waals surface area contributed by atoms with Gasteiger partial charge in [-0.1, -0.05) is 12.1 Å². The molecule has 0 bridgehead atoms. The number of aryl methyl sites for hydroxylation is 2. The highest BCUT2D eigenvalue weighted by Crippen LogP contribution is 2.35. The summed E-state index contributed by atoms with van der Waals surface area (Å²) < 4.78 is 61.3. The van der Waals surface area contributed by atoms with E-state index in [0.29, 0.717) is 35.2 Å². The van der Waals surface area contributed by atoms with Gasteiger partial charge in [0, 0.05) is 43.4 Å². The van der Waals surface area contributed by atoms with Gasteiger partial charge < -0.3 is 24.4 Å². The van der Waals surface area contributed by atoms with Crippen LogP contribution in [0.1, 0.15) is 47.9 Å². The van der Waals surface area contributed by atoms with E-state index in [-0.39, 0.29) is 29.1 Å². The number of hydrogen-bond acceptors (Lipinski definition) is 11. The molecule has 4 heterocycles. The van der Waals surface area contributed by atoms with Gasteiger partial charge in [0.15, 0.2) is 33.5 Å². The van der Waals surface area contributed by atoms with Crippen molar-refractivity contribution in [1.29, 1.82) is 0 Å². The molecule has 2 atom stereocenters. The molecule has 0 aliphatic carbocycles. The van der Waals surface area contributed by atoms with Gasteiger partial charge in [-0.15, -0.1) is 0 Å². The van der Waals surface area contributed by atoms with E-state index in [1.165, 1.54) is 19.2 Å². The van der Waals surface area contributed by atoms with Gasteiger partial charge in [-0.05, 0) is 62.1 Å². The van der Waals surface area contributed by atoms with Crippen LogP contribution in [0.5, 0.6) is 5.75 Å². The number of nitrogens with zero attached hydrogens (tertiary/aromatic N) is 6. The molecule has 0 amide bonds. The zero-order valence-corrected chi connectivity index (χ0v) is 28.3. The number of ether oxygens (including phenoxy) is 3. The summed E-state index contributed by atoms with van der Waals surface area (Å²) in [7, 11) is 1.20. The van der Waals surface area contributed by atoms with Crippen molar-refractivity contribution in [3.05, 3.63) is 94.9 Å². The Kier molecular flexibility index (Phi) is 9.02. The predicted octanol–water partition coefficient (Wildman–Crippen LogP) is 3.97. The number of rotatable bonds is 9. The number of aromatic nitrogens is 4. The Bertz CT molecular complexity index is 1980. The molecule has 2 aromatic heterocycles. The van der Waals surface area contributed by atoms with Crippen LogP contribution in [0, 0.1) is 12.7 Å². The molecule has 4 aromatic rings. The van der Waals surface area contributed by atoms with Crippen molar-refractivity contribution in [2.24, 2.45) is 17.8 Å². The molecule has 0 saturated carbocycles. The summed E-state index contributed by atoms with van der Waals surface area (Å²) in [6, 6.07) is 13.1. The topological polar surface area (TPSA) is 151 Å². The third-order valence-electron chi connectivity index (χ3n) is 8.37. The number of nitrogens with one attached hydrogen (secondary N) is 1. The lowest BCUT2D eigenvalue weighted by Gasteiger charge is -2.38. The van der Waals surface area contributed by atoms with Crippen LogP contribution in [-0.4, -0.2) is 60.9 Å². The van der Waals surface area contributed by atoms with E-state index < -0.39 is 21.4 Å². The maximum atomic E-state index is 15.9. The molecule has 48 heavy (non-hydrogen) atoms. The van der Waals surface area contributed by atoms with Crippen molar-refractivity contribution in [1.82, 2.24) is 24.9 Å². The van der Waals surface area contributed by atoms with Gasteiger partial charge in [-0.25, -0.2) is 22.5 Å². The largest absolute Gasteiger partial charge is 0.497 e. The molecule has 1 saturated heterocycles. The molecule has 3 N–H and O–H groups in total. The van der Waals surface area contributed by atoms with Crippen molar-refractivity contribution < 1.29 is 27.0 Å². The van der Waals surface area contributed by atoms with Gasteiger partial charge in [0.05, 0.1) is 43.1 Å². The predicted molar refractivity (Wildman–Crippen MR) is 178 cm³/mol. The number of halogens is 1. The molecular formula is C33H39FN8O5S. The van der Waals surface area contributed by atoms with Gasteiger partial charge in [0.1, 0.15) is 11.6 Å². The number of sulfone groups is 1. The van der Waals surface area contributed by atoms with Crippen molar-refractivity contribution >= 4 is 27.2 Å². The average Bonchev–Trinajstić information content (AvgIpc) is 3.68. The minimum atomic E-state index is -3.68. The summed E-state index contributed by atoms with van der Waals surface area (Å²) in [4.78, 5) is 6.61. The Labute approximate surface area is 278 Å². The normalized spacial score (nSPS) is 19.9. The Morgan fingerprint density at radius 3 is 2.52 bits per heavy atom. The molecule has 2 aliphatic rings. The van der Waals surface area contributed by atoms with E-state index in [2.05, 4.69) is 10.4 Å². The van der Waals surface area contributed by atoms with E-state index in [1.54, 1.807) is 31.2 Å². The highest BCUT2D eigenvalue weighted by Gasteiger charge is 2.41. The first-order valence-electron chi connectivity index (χ1n) is 15.4. The fourth-order valence-electron chi connectivity index (χ4n) is 5.89. The second-order valence-electron chi connectivity index (χ2n) is 11.9. The van der Waals surface area contributed by atoms with Crippen LogP contribution in [0.3, 0.4) is 0 Å². The van der Waals surface area contributed by atoms with E-state index >= 15 is 4.39 Å². The van der Waals surface area contributed by atoms with E-state index in [0.717, 1.165) is 42.8 Å². The lowest BCUT2D eigenvalue weighted by Crippen LogP contribution is -2.54. The SMILES string of the molecule is COC1=C(c2cnn(C)c2)NC(N)(c2ccc(S(C)(=O)=O)cc2F)N=C1N(Cc1ccc(OC)cc1)c1cc(C)n(C2CCCCO2)n1. The quantitative estimate of drug-likeness (QED) is 0.266. The van der Waals surface area contributed by atoms with Crippen LogP contribution in [-0.2, 0) is 38.7 Å². The summed E-state index contributed by atoms with van der Waals surface area (Å²) in [6.45, 7) is 2.88. The van der Waals surface area contributed by atoms with Crippen molar-refractivity contribution in [2.45, 2.75) is 49.6 Å². The summed E-state index contributed by atoms with van der Waals surface area (Å²) in [5.74, 6) is -0.956. The molecule has 0 radical (unpaired) electrons. The zero-order valence-electron chi connectivity index (χ0n) is 27.5. The number of hydrogen-bond donors (Lipinski definition) is 2. The van der Waals surface area contributed by atoms with Crippen LogP contribution in [0.25, 0.3) is 5.70 Å². The molecule has 13 nitrogen and oxygen atoms in total. The van der Waals surface area contributed by atoms with Gasteiger partial charge in [0.2, 0.25) is 5.79 Å². The van der Waals surface area contributed by atoms with Crippen LogP contribution in [0.4, 0.5) is 10.2 Å². The minimum absolute atomic E-state index is 0.0781. The maximum Gasteiger partial charge on any atom is 0.214 e. The fourth-order valence-corrected chi connectivity index (χ4v) is 6.52. The minimum Gasteiger partial charge on any atom is -0.497 e. The third-order valence-corrected chi connectivity index (χ3v) is 9.49. The molecule has 6 rings (SSSR count). The second-order valence-corrected chi connectivity index (χ2v) is 13.9. The monoisotopic (exact) mass is 678 g/mol. The standard InChI is InChI=1S/C33H39FN8O5S/c1-21-16-28(39-42(21)29-8-6-7-15-47-29)41(19-22-9-11-24(45-3)12-10-22)32-31(46-4)30(23-18-36-40(2)20-23)37-33(35,38-32)26-14-13-25(17-27(26)34)48(5,43)44/h9-14,16-18,20,29,37H,6-8,15,19,35H2,1-5H3. The summed E-state index contributed by atoms with van der Waals surface area (Å²) in [5.41, 5.74) is 9.68. The smallest absolute Gasteiger partial charge is 0.214 e. The lowest BCUT2D eigenvalue weighted by molar-refractivity contribution is -0.0405. The second kappa shape index (κ2) is 13.1. The number of methoxy groups -OCH3 is 2. The summed E-state index contributed by atoms with van der Waals surface area (Å²) in [5, 5.41) is 12.5. The molecule has 1 fully saturated rings. The van der Waals surface area contributed by atoms with Gasteiger partial charge in [-0.2, -0.15) is 10.2 Å². The van der Waals surface area contributed by atoms with Crippen LogP contribution < -0.4 is 20.7 Å². The first-order chi connectivity index (χ1) is 22.9. The summed E-state index contributed by atoms with van der Waals surface area (Å²) in [6.07, 6.45) is 7.04. The van der Waals surface area contributed by atoms with Crippen LogP contribution >= 0.6 is 0 Å². The van der Waals surface area contributed by atoms with Crippen LogP contribution in [0.15, 0.2) is 76.6 Å². The highest BCUT2D eigenvalue weighted by atomic mass is 32.2. The fraction of sp³-hybridized carbons (Fsp3) is 0.364. The Balaban J connectivity index is 1.56. The van der Waals surface area contributed by atoms with Crippen molar-refractivity contribution in [3.63, 3.8) is 0 Å². The Morgan fingerprint density at radius 1 is 1.15 bits per heavy atom. The molecule has 15 heteroatoms. The van der Waals surface area contributed by atoms with E-state index in [1.807, 2.05) is 46.8 Å². The number of amidine groups is 1. The number of benzene rings is 2. The maximum absolute atomic E-state index is 15.9. The van der Waals surface area contributed by atoms with E-state index in [9.17, 15) is 8.42 Å². The Morgan fingerprint density at radius 2 is 1.92 bits per heavy atom. The van der Waals surface area contributed by atoms with Crippen LogP contribution in [0.2, 0.25) is 0 Å². The first kappa shape index (κ1) is 33.2. The first-order valence-corrected chi connectivity index (χ1v) is 17.3. The molecular weight excluding hydrogens is 639 g/mol. The Hall–Kier alpha value is -4.73. The molecule has 2 unspecified atom stereocenters. The third kappa shape index (κ3) is 6.53. The lowest BCUT2D eigenvalue weighted by atomic mass is 10.0. The van der Waals surface area contributed by atoms with Gasteiger partial charge >= 0.3 is 0 Å². The van der Waals surface area contributed by atoms with Crippen molar-refractivity contribution in [2.75, 3.05) is 32.0 Å².